The fraction of sp³-hybridized carbons (Fsp3) is 0.652. The number of carbonyl (C=O) groups excluding carboxylic acids is 1. The van der Waals surface area contributed by atoms with Crippen molar-refractivity contribution in [3.8, 4) is 0 Å². The zero-order valence-corrected chi connectivity index (χ0v) is 18.1. The van der Waals surface area contributed by atoms with Gasteiger partial charge < -0.3 is 10.0 Å². The third-order valence-corrected chi connectivity index (χ3v) is 7.69. The minimum Gasteiger partial charge on any atom is -0.481 e. The Labute approximate surface area is 191 Å². The van der Waals surface area contributed by atoms with Gasteiger partial charge in [0.05, 0.1) is 5.92 Å². The average Bonchev–Trinajstić information content (AvgIpc) is 3.20. The Morgan fingerprint density at radius 2 is 1.44 bits per heavy atom. The van der Waals surface area contributed by atoms with Crippen molar-refractivity contribution >= 4 is 11.9 Å². The Hall–Kier alpha value is -2.33. The van der Waals surface area contributed by atoms with E-state index in [0.717, 1.165) is 6.07 Å². The topological polar surface area (TPSA) is 57.6 Å². The molecule has 1 aromatic carbocycles. The summed E-state index contributed by atoms with van der Waals surface area (Å²) in [4.78, 5) is 26.0. The number of alkyl halides is 7. The molecule has 1 aromatic rings. The zero-order chi connectivity index (χ0) is 25.1. The van der Waals surface area contributed by atoms with E-state index in [1.165, 1.54) is 0 Å². The van der Waals surface area contributed by atoms with Crippen LogP contribution in [-0.4, -0.2) is 46.8 Å². The van der Waals surface area contributed by atoms with Gasteiger partial charge in [-0.1, -0.05) is 18.2 Å². The first-order chi connectivity index (χ1) is 15.8. The van der Waals surface area contributed by atoms with Gasteiger partial charge in [-0.2, -0.15) is 26.3 Å². The van der Waals surface area contributed by atoms with Crippen LogP contribution in [0.1, 0.15) is 61.1 Å². The molecule has 2 fully saturated rings. The summed E-state index contributed by atoms with van der Waals surface area (Å²) in [6.07, 6.45) is -9.55. The predicted molar refractivity (Wildman–Crippen MR) is 106 cm³/mol. The largest absolute Gasteiger partial charge is 0.481 e. The lowest BCUT2D eigenvalue weighted by atomic mass is 9.77. The normalized spacial score (nSPS) is 27.8. The van der Waals surface area contributed by atoms with Gasteiger partial charge in [-0.05, 0) is 56.1 Å². The maximum Gasteiger partial charge on any atom is 0.435 e. The number of nitrogens with zero attached hydrogens (tertiary/aromatic N) is 1. The molecule has 1 saturated heterocycles. The summed E-state index contributed by atoms with van der Waals surface area (Å²) in [7, 11) is 0. The number of benzene rings is 1. The van der Waals surface area contributed by atoms with Crippen LogP contribution in [0.2, 0.25) is 0 Å². The van der Waals surface area contributed by atoms with E-state index in [2.05, 4.69) is 0 Å². The smallest absolute Gasteiger partial charge is 0.435 e. The molecule has 1 amide bonds. The van der Waals surface area contributed by atoms with Gasteiger partial charge in [-0.25, -0.2) is 4.39 Å². The van der Waals surface area contributed by atoms with Crippen molar-refractivity contribution in [1.29, 1.82) is 0 Å². The molecule has 4 nitrogen and oxygen atoms in total. The van der Waals surface area contributed by atoms with Gasteiger partial charge in [0.1, 0.15) is 0 Å². The summed E-state index contributed by atoms with van der Waals surface area (Å²) in [5.74, 6) is -1.94. The number of aliphatic carboxylic acids is 1. The van der Waals surface area contributed by atoms with Gasteiger partial charge in [0.2, 0.25) is 5.91 Å². The van der Waals surface area contributed by atoms with Crippen LogP contribution in [0.4, 0.5) is 30.7 Å². The van der Waals surface area contributed by atoms with Gasteiger partial charge in [-0.3, -0.25) is 9.59 Å². The third kappa shape index (κ3) is 3.94. The van der Waals surface area contributed by atoms with Crippen LogP contribution in [0.5, 0.6) is 0 Å². The predicted octanol–water partition coefficient (Wildman–Crippen LogP) is 5.50. The van der Waals surface area contributed by atoms with E-state index in [1.807, 2.05) is 0 Å². The van der Waals surface area contributed by atoms with Crippen molar-refractivity contribution in [2.24, 2.45) is 11.8 Å². The molecule has 3 aliphatic rings. The summed E-state index contributed by atoms with van der Waals surface area (Å²) in [5, 5.41) is 9.14. The second kappa shape index (κ2) is 8.41. The highest BCUT2D eigenvalue weighted by molar-refractivity contribution is 5.80. The van der Waals surface area contributed by atoms with Crippen molar-refractivity contribution in [3.05, 3.63) is 34.9 Å². The van der Waals surface area contributed by atoms with Crippen molar-refractivity contribution in [2.45, 2.75) is 74.9 Å². The maximum atomic E-state index is 14.5. The summed E-state index contributed by atoms with van der Waals surface area (Å²) in [5.41, 5.74) is -6.15. The second-order valence-corrected chi connectivity index (χ2v) is 9.49. The molecule has 2 aliphatic carbocycles. The first kappa shape index (κ1) is 24.8. The number of carboxylic acids is 1. The lowest BCUT2D eigenvalue weighted by Crippen LogP contribution is -2.50. The number of carbonyl (C=O) groups is 2. The van der Waals surface area contributed by atoms with Crippen LogP contribution in [0.15, 0.2) is 18.2 Å². The van der Waals surface area contributed by atoms with Crippen molar-refractivity contribution in [3.63, 3.8) is 0 Å². The Morgan fingerprint density at radius 1 is 0.853 bits per heavy atom. The maximum absolute atomic E-state index is 14.5. The Bertz CT molecular complexity index is 952. The Balaban J connectivity index is 1.54. The molecule has 0 aromatic heterocycles. The van der Waals surface area contributed by atoms with Crippen LogP contribution in [0.3, 0.4) is 0 Å². The average molecular weight is 495 g/mol. The highest BCUT2D eigenvalue weighted by Gasteiger charge is 2.73. The first-order valence-corrected chi connectivity index (χ1v) is 11.2. The fourth-order valence-electron chi connectivity index (χ4n) is 5.86. The number of carboxylic acid groups (broad SMARTS) is 1. The summed E-state index contributed by atoms with van der Waals surface area (Å²) < 4.78 is 93.4. The third-order valence-electron chi connectivity index (χ3n) is 7.69. The standard InChI is InChI=1S/C23H24F7NO3/c24-21(22(25,26)27,23(28,29)30)15-6-7-16-14(11-15)5-8-18-17(16)9-10-31(18)19(32)12-1-3-13(4-2-12)20(33)34/h6-7,11-13,17-18H,1-5,8-10H2,(H,33,34)/t12?,13?,17-,18?/m0/s1. The molecule has 0 radical (unpaired) electrons. The quantitative estimate of drug-likeness (QED) is 0.564. The van der Waals surface area contributed by atoms with E-state index in [4.69, 9.17) is 5.11 Å². The van der Waals surface area contributed by atoms with Gasteiger partial charge in [0, 0.05) is 30.0 Å². The molecule has 1 aliphatic heterocycles. The highest BCUT2D eigenvalue weighted by atomic mass is 19.4. The van der Waals surface area contributed by atoms with Crippen molar-refractivity contribution < 1.29 is 45.4 Å². The molecule has 34 heavy (non-hydrogen) atoms. The Kier molecular flexibility index (Phi) is 6.13. The monoisotopic (exact) mass is 495 g/mol. The second-order valence-electron chi connectivity index (χ2n) is 9.49. The molecule has 1 N–H and O–H groups in total. The van der Waals surface area contributed by atoms with Gasteiger partial charge in [-0.15, -0.1) is 0 Å². The van der Waals surface area contributed by atoms with Crippen LogP contribution in [0, 0.1) is 11.8 Å². The summed E-state index contributed by atoms with van der Waals surface area (Å²) >= 11 is 0. The molecule has 1 saturated carbocycles. The van der Waals surface area contributed by atoms with Crippen molar-refractivity contribution in [1.82, 2.24) is 4.90 Å². The SMILES string of the molecule is O=C(O)C1CCC(C(=O)N2CC[C@H]3c4ccc(C(F)(C(F)(F)F)C(F)(F)F)cc4CCC32)CC1. The minimum atomic E-state index is -6.16. The number of fused-ring (bicyclic) bond motifs is 3. The first-order valence-electron chi connectivity index (χ1n) is 11.2. The molecule has 0 spiro atoms. The number of hydrogen-bond acceptors (Lipinski definition) is 2. The lowest BCUT2D eigenvalue weighted by molar-refractivity contribution is -0.348. The molecule has 11 heteroatoms. The van der Waals surface area contributed by atoms with E-state index in [-0.39, 0.29) is 35.8 Å². The summed E-state index contributed by atoms with van der Waals surface area (Å²) in [6.45, 7) is 0.409. The number of likely N-dealkylation sites (tertiary alicyclic amines) is 1. The van der Waals surface area contributed by atoms with E-state index in [1.54, 1.807) is 4.90 Å². The lowest BCUT2D eigenvalue weighted by Gasteiger charge is -2.37. The molecule has 2 atom stereocenters. The van der Waals surface area contributed by atoms with Gasteiger partial charge in [0.25, 0.3) is 0 Å². The minimum absolute atomic E-state index is 0.0756. The van der Waals surface area contributed by atoms with Crippen LogP contribution < -0.4 is 0 Å². The zero-order valence-electron chi connectivity index (χ0n) is 18.1. The van der Waals surface area contributed by atoms with Crippen LogP contribution in [-0.2, 0) is 21.7 Å². The molecule has 0 bridgehead atoms. The molecule has 1 heterocycles. The van der Waals surface area contributed by atoms with E-state index in [0.29, 0.717) is 62.8 Å². The van der Waals surface area contributed by atoms with E-state index >= 15 is 0 Å². The van der Waals surface area contributed by atoms with Crippen molar-refractivity contribution in [2.75, 3.05) is 6.54 Å². The van der Waals surface area contributed by atoms with Crippen LogP contribution >= 0.6 is 0 Å². The number of halogens is 7. The Morgan fingerprint density at radius 3 is 2.00 bits per heavy atom. The fourth-order valence-corrected chi connectivity index (χ4v) is 5.86. The summed E-state index contributed by atoms with van der Waals surface area (Å²) in [6, 6.07) is 2.13. The molecule has 1 unspecified atom stereocenters. The number of hydrogen-bond donors (Lipinski definition) is 1. The van der Waals surface area contributed by atoms with Crippen LogP contribution in [0.25, 0.3) is 0 Å². The van der Waals surface area contributed by atoms with Gasteiger partial charge >= 0.3 is 24.0 Å². The van der Waals surface area contributed by atoms with E-state index < -0.39 is 35.5 Å². The van der Waals surface area contributed by atoms with E-state index in [9.17, 15) is 40.3 Å². The molecular formula is C23H24F7NO3. The van der Waals surface area contributed by atoms with Gasteiger partial charge in [0.15, 0.2) is 0 Å². The molecule has 188 valence electrons. The number of rotatable bonds is 3. The highest BCUT2D eigenvalue weighted by Crippen LogP contribution is 2.54. The number of aryl methyl sites for hydroxylation is 1. The molecule has 4 rings (SSSR count). The molecular weight excluding hydrogens is 471 g/mol. The number of amides is 1.